The predicted molar refractivity (Wildman–Crippen MR) is 66.2 cm³/mol. The average Bonchev–Trinajstić information content (AvgIpc) is 2.19. The molecule has 0 heterocycles. The lowest BCUT2D eigenvalue weighted by molar-refractivity contribution is -0.189. The molecular weight excluding hydrogens is 319 g/mol. The van der Waals surface area contributed by atoms with Gasteiger partial charge in [-0.05, 0) is 41.1 Å². The van der Waals surface area contributed by atoms with Crippen LogP contribution in [0.5, 0.6) is 5.75 Å². The van der Waals surface area contributed by atoms with Crippen LogP contribution in [-0.4, -0.2) is 17.3 Å². The molecule has 0 fully saturated rings. The third-order valence-electron chi connectivity index (χ3n) is 1.98. The van der Waals surface area contributed by atoms with E-state index < -0.39 is 12.3 Å². The monoisotopic (exact) mass is 327 g/mol. The van der Waals surface area contributed by atoms with E-state index in [0.29, 0.717) is 10.0 Å². The summed E-state index contributed by atoms with van der Waals surface area (Å²) in [6.45, 7) is 0.938. The van der Waals surface area contributed by atoms with Gasteiger partial charge in [0.05, 0.1) is 4.47 Å². The van der Waals surface area contributed by atoms with Gasteiger partial charge in [-0.15, -0.1) is 0 Å². The molecule has 0 aliphatic carbocycles. The Kier molecular flexibility index (Phi) is 4.37. The first-order valence-corrected chi connectivity index (χ1v) is 5.74. The first-order valence-electron chi connectivity index (χ1n) is 4.54. The van der Waals surface area contributed by atoms with Crippen molar-refractivity contribution in [3.05, 3.63) is 28.2 Å². The lowest BCUT2D eigenvalue weighted by Gasteiger charge is -2.18. The Labute approximate surface area is 110 Å². The second-order valence-electron chi connectivity index (χ2n) is 3.31. The van der Waals surface area contributed by atoms with Gasteiger partial charge >= 0.3 is 6.18 Å². The Morgan fingerprint density at radius 3 is 2.47 bits per heavy atom. The van der Waals surface area contributed by atoms with Gasteiger partial charge in [-0.3, -0.25) is 0 Å². The van der Waals surface area contributed by atoms with Crippen LogP contribution < -0.4 is 10.5 Å². The molecule has 0 radical (unpaired) electrons. The van der Waals surface area contributed by atoms with Crippen molar-refractivity contribution < 1.29 is 17.9 Å². The standard InChI is InChI=1S/C10H9BrF3NOS/c1-5(10(12,13)14)16-8-3-2-6(9(15)17)4-7(8)11/h2-5H,1H3,(H2,15,17). The highest BCUT2D eigenvalue weighted by Gasteiger charge is 2.38. The molecule has 0 saturated carbocycles. The van der Waals surface area contributed by atoms with Gasteiger partial charge in [0.2, 0.25) is 0 Å². The van der Waals surface area contributed by atoms with Crippen molar-refractivity contribution in [3.63, 3.8) is 0 Å². The molecule has 0 saturated heterocycles. The minimum atomic E-state index is -4.40. The summed E-state index contributed by atoms with van der Waals surface area (Å²) in [4.78, 5) is 0.168. The quantitative estimate of drug-likeness (QED) is 0.864. The molecular formula is C10H9BrF3NOS. The average molecular weight is 328 g/mol. The van der Waals surface area contributed by atoms with Crippen molar-refractivity contribution in [3.8, 4) is 5.75 Å². The summed E-state index contributed by atoms with van der Waals surface area (Å²) in [5.74, 6) is 0.0924. The number of thiocarbonyl (C=S) groups is 1. The Morgan fingerprint density at radius 1 is 1.47 bits per heavy atom. The van der Waals surface area contributed by atoms with Crippen LogP contribution in [0.15, 0.2) is 22.7 Å². The van der Waals surface area contributed by atoms with Crippen molar-refractivity contribution in [1.29, 1.82) is 0 Å². The van der Waals surface area contributed by atoms with E-state index in [2.05, 4.69) is 15.9 Å². The van der Waals surface area contributed by atoms with Crippen LogP contribution in [0, 0.1) is 0 Å². The van der Waals surface area contributed by atoms with Gasteiger partial charge < -0.3 is 10.5 Å². The molecule has 0 bridgehead atoms. The minimum absolute atomic E-state index is 0.0924. The van der Waals surface area contributed by atoms with Gasteiger partial charge in [-0.25, -0.2) is 0 Å². The number of hydrogen-bond acceptors (Lipinski definition) is 2. The van der Waals surface area contributed by atoms with E-state index in [1.54, 1.807) is 0 Å². The lowest BCUT2D eigenvalue weighted by Crippen LogP contribution is -2.31. The molecule has 1 rings (SSSR count). The predicted octanol–water partition coefficient (Wildman–Crippen LogP) is 3.41. The summed E-state index contributed by atoms with van der Waals surface area (Å²) < 4.78 is 42.0. The number of rotatable bonds is 3. The maximum atomic E-state index is 12.3. The van der Waals surface area contributed by atoms with Gasteiger partial charge in [0.1, 0.15) is 10.7 Å². The molecule has 2 nitrogen and oxygen atoms in total. The zero-order valence-corrected chi connectivity index (χ0v) is 11.1. The van der Waals surface area contributed by atoms with E-state index in [0.717, 1.165) is 6.92 Å². The fourth-order valence-electron chi connectivity index (χ4n) is 1.01. The fraction of sp³-hybridized carbons (Fsp3) is 0.300. The molecule has 17 heavy (non-hydrogen) atoms. The first-order chi connectivity index (χ1) is 7.71. The van der Waals surface area contributed by atoms with Crippen molar-refractivity contribution in [1.82, 2.24) is 0 Å². The first kappa shape index (κ1) is 14.2. The number of benzene rings is 1. The maximum absolute atomic E-state index is 12.3. The molecule has 1 aromatic carbocycles. The van der Waals surface area contributed by atoms with Gasteiger partial charge in [0, 0.05) is 5.56 Å². The van der Waals surface area contributed by atoms with E-state index in [-0.39, 0.29) is 10.7 Å². The molecule has 7 heteroatoms. The summed E-state index contributed by atoms with van der Waals surface area (Å²) in [5, 5.41) is 0. The van der Waals surface area contributed by atoms with E-state index in [1.807, 2.05) is 0 Å². The molecule has 0 aliphatic rings. The third-order valence-corrected chi connectivity index (χ3v) is 2.84. The molecule has 0 spiro atoms. The Balaban J connectivity index is 2.90. The summed E-state index contributed by atoms with van der Waals surface area (Å²) in [6, 6.07) is 4.41. The van der Waals surface area contributed by atoms with Gasteiger partial charge in [-0.2, -0.15) is 13.2 Å². The van der Waals surface area contributed by atoms with Crippen LogP contribution in [0.2, 0.25) is 0 Å². The smallest absolute Gasteiger partial charge is 0.425 e. The highest BCUT2D eigenvalue weighted by molar-refractivity contribution is 9.10. The van der Waals surface area contributed by atoms with Crippen molar-refractivity contribution in [2.24, 2.45) is 5.73 Å². The van der Waals surface area contributed by atoms with Gasteiger partial charge in [0.25, 0.3) is 0 Å². The molecule has 0 aromatic heterocycles. The van der Waals surface area contributed by atoms with Crippen molar-refractivity contribution in [2.75, 3.05) is 0 Å². The lowest BCUT2D eigenvalue weighted by atomic mass is 10.2. The molecule has 0 aliphatic heterocycles. The fourth-order valence-corrected chi connectivity index (χ4v) is 1.61. The second kappa shape index (κ2) is 5.22. The minimum Gasteiger partial charge on any atom is -0.480 e. The van der Waals surface area contributed by atoms with Crippen molar-refractivity contribution >= 4 is 33.1 Å². The van der Waals surface area contributed by atoms with Crippen LogP contribution in [0.3, 0.4) is 0 Å². The van der Waals surface area contributed by atoms with Gasteiger partial charge in [0.15, 0.2) is 6.10 Å². The maximum Gasteiger partial charge on any atom is 0.425 e. The molecule has 0 amide bonds. The van der Waals surface area contributed by atoms with E-state index in [4.69, 9.17) is 22.7 Å². The number of hydrogen-bond donors (Lipinski definition) is 1. The summed E-state index contributed by atoms with van der Waals surface area (Å²) in [7, 11) is 0. The number of ether oxygens (including phenoxy) is 1. The summed E-state index contributed by atoms with van der Waals surface area (Å²) >= 11 is 7.85. The SMILES string of the molecule is CC(Oc1ccc(C(N)=S)cc1Br)C(F)(F)F. The molecule has 1 unspecified atom stereocenters. The zero-order valence-electron chi connectivity index (χ0n) is 8.72. The van der Waals surface area contributed by atoms with Crippen LogP contribution in [-0.2, 0) is 0 Å². The van der Waals surface area contributed by atoms with Gasteiger partial charge in [-0.1, -0.05) is 12.2 Å². The molecule has 1 aromatic rings. The molecule has 94 valence electrons. The van der Waals surface area contributed by atoms with Crippen LogP contribution >= 0.6 is 28.1 Å². The number of halogens is 4. The molecule has 2 N–H and O–H groups in total. The second-order valence-corrected chi connectivity index (χ2v) is 4.61. The Morgan fingerprint density at radius 2 is 2.06 bits per heavy atom. The Bertz CT molecular complexity index is 436. The summed E-state index contributed by atoms with van der Waals surface area (Å²) in [6.07, 6.45) is -6.28. The largest absolute Gasteiger partial charge is 0.480 e. The molecule has 1 atom stereocenters. The highest BCUT2D eigenvalue weighted by Crippen LogP contribution is 2.30. The zero-order chi connectivity index (χ0) is 13.2. The third kappa shape index (κ3) is 3.85. The Hall–Kier alpha value is -0.820. The van der Waals surface area contributed by atoms with Crippen LogP contribution in [0.4, 0.5) is 13.2 Å². The van der Waals surface area contributed by atoms with Crippen molar-refractivity contribution in [2.45, 2.75) is 19.2 Å². The van der Waals surface area contributed by atoms with E-state index >= 15 is 0 Å². The normalized spacial score (nSPS) is 13.2. The number of nitrogens with two attached hydrogens (primary N) is 1. The van der Waals surface area contributed by atoms with E-state index in [9.17, 15) is 13.2 Å². The van der Waals surface area contributed by atoms with Crippen LogP contribution in [0.25, 0.3) is 0 Å². The summed E-state index contributed by atoms with van der Waals surface area (Å²) in [5.41, 5.74) is 5.95. The van der Waals surface area contributed by atoms with Crippen LogP contribution in [0.1, 0.15) is 12.5 Å². The topological polar surface area (TPSA) is 35.2 Å². The number of alkyl halides is 3. The van der Waals surface area contributed by atoms with E-state index in [1.165, 1.54) is 18.2 Å². The highest BCUT2D eigenvalue weighted by atomic mass is 79.9.